The molecule has 0 aliphatic carbocycles. The van der Waals surface area contributed by atoms with E-state index < -0.39 is 0 Å². The Labute approximate surface area is 99.8 Å². The van der Waals surface area contributed by atoms with E-state index in [1.165, 1.54) is 7.11 Å². The van der Waals surface area contributed by atoms with Gasteiger partial charge in [0.2, 0.25) is 0 Å². The van der Waals surface area contributed by atoms with Crippen LogP contribution in [0, 0.1) is 0 Å². The van der Waals surface area contributed by atoms with Crippen molar-refractivity contribution in [2.75, 3.05) is 7.11 Å². The molecule has 0 N–H and O–H groups in total. The fourth-order valence-electron chi connectivity index (χ4n) is 1.08. The fourth-order valence-corrected chi connectivity index (χ4v) is 1.62. The highest BCUT2D eigenvalue weighted by Gasteiger charge is 2.11. The van der Waals surface area contributed by atoms with Crippen molar-refractivity contribution >= 4 is 21.9 Å². The third-order valence-corrected chi connectivity index (χ3v) is 2.80. The Morgan fingerprint density at radius 3 is 2.47 bits per heavy atom. The molecule has 0 amide bonds. The molecule has 0 fully saturated rings. The summed E-state index contributed by atoms with van der Waals surface area (Å²) in [5.74, 6) is -0.313. The van der Waals surface area contributed by atoms with E-state index in [0.29, 0.717) is 5.57 Å². The number of carbonyl (C=O) groups excluding carboxylic acids is 1. The van der Waals surface area contributed by atoms with Gasteiger partial charge < -0.3 is 4.74 Å². The molecule has 3 heteroatoms. The van der Waals surface area contributed by atoms with Crippen molar-refractivity contribution in [3.63, 3.8) is 0 Å². The summed E-state index contributed by atoms with van der Waals surface area (Å²) in [6, 6.07) is 0. The summed E-state index contributed by atoms with van der Waals surface area (Å²) in [6.07, 6.45) is 6.51. The third kappa shape index (κ3) is 4.47. The van der Waals surface area contributed by atoms with Gasteiger partial charge in [-0.2, -0.15) is 0 Å². The molecule has 0 spiro atoms. The van der Waals surface area contributed by atoms with Crippen molar-refractivity contribution in [2.24, 2.45) is 0 Å². The highest BCUT2D eigenvalue weighted by molar-refractivity contribution is 9.12. The maximum Gasteiger partial charge on any atom is 0.338 e. The lowest BCUT2D eigenvalue weighted by atomic mass is 10.1. The number of carbonyl (C=O) groups is 1. The summed E-state index contributed by atoms with van der Waals surface area (Å²) in [6.45, 7) is 5.80. The van der Waals surface area contributed by atoms with Gasteiger partial charge >= 0.3 is 5.97 Å². The number of ether oxygens (including phenoxy) is 1. The molecule has 0 aliphatic heterocycles. The predicted molar refractivity (Wildman–Crippen MR) is 66.8 cm³/mol. The molecular weight excluding hydrogens is 256 g/mol. The van der Waals surface area contributed by atoms with E-state index in [4.69, 9.17) is 4.74 Å². The molecule has 0 unspecified atom stereocenters. The third-order valence-electron chi connectivity index (χ3n) is 1.88. The molecule has 0 aliphatic rings. The van der Waals surface area contributed by atoms with E-state index in [2.05, 4.69) is 15.9 Å². The van der Waals surface area contributed by atoms with Gasteiger partial charge in [0.1, 0.15) is 0 Å². The topological polar surface area (TPSA) is 26.3 Å². The lowest BCUT2D eigenvalue weighted by Gasteiger charge is -2.06. The van der Waals surface area contributed by atoms with Crippen LogP contribution in [-0.4, -0.2) is 13.1 Å². The molecule has 2 nitrogen and oxygen atoms in total. The summed E-state index contributed by atoms with van der Waals surface area (Å²) in [7, 11) is 1.39. The summed E-state index contributed by atoms with van der Waals surface area (Å²) in [4.78, 5) is 11.5. The van der Waals surface area contributed by atoms with Gasteiger partial charge in [0.15, 0.2) is 0 Å². The lowest BCUT2D eigenvalue weighted by Crippen LogP contribution is -2.05. The van der Waals surface area contributed by atoms with Crippen LogP contribution < -0.4 is 0 Å². The van der Waals surface area contributed by atoms with Crippen LogP contribution in [0.4, 0.5) is 0 Å². The van der Waals surface area contributed by atoms with Gasteiger partial charge in [-0.15, -0.1) is 0 Å². The number of hydrogen-bond acceptors (Lipinski definition) is 2. The van der Waals surface area contributed by atoms with Crippen molar-refractivity contribution in [1.82, 2.24) is 0 Å². The fraction of sp³-hybridized carbons (Fsp3) is 0.417. The second-order valence-corrected chi connectivity index (χ2v) is 3.84. The zero-order chi connectivity index (χ0) is 11.8. The molecule has 0 heterocycles. The van der Waals surface area contributed by atoms with Crippen molar-refractivity contribution < 1.29 is 9.53 Å². The average molecular weight is 273 g/mol. The van der Waals surface area contributed by atoms with E-state index in [0.717, 1.165) is 16.5 Å². The van der Waals surface area contributed by atoms with Crippen LogP contribution in [0.25, 0.3) is 0 Å². The van der Waals surface area contributed by atoms with Gasteiger partial charge in [-0.05, 0) is 25.8 Å². The zero-order valence-corrected chi connectivity index (χ0v) is 11.2. The van der Waals surface area contributed by atoms with Crippen LogP contribution in [0.15, 0.2) is 33.9 Å². The summed E-state index contributed by atoms with van der Waals surface area (Å²) in [5, 5.41) is 0. The quantitative estimate of drug-likeness (QED) is 0.443. The maximum atomic E-state index is 11.5. The molecule has 0 aromatic rings. The van der Waals surface area contributed by atoms with Gasteiger partial charge in [-0.1, -0.05) is 41.1 Å². The lowest BCUT2D eigenvalue weighted by molar-refractivity contribution is -0.135. The van der Waals surface area contributed by atoms with Crippen molar-refractivity contribution in [1.29, 1.82) is 0 Å². The second-order valence-electron chi connectivity index (χ2n) is 2.99. The molecule has 0 radical (unpaired) electrons. The van der Waals surface area contributed by atoms with Crippen molar-refractivity contribution in [3.8, 4) is 0 Å². The smallest absolute Gasteiger partial charge is 0.338 e. The minimum absolute atomic E-state index is 0.313. The number of methoxy groups -OCH3 is 1. The Bertz CT molecular complexity index is 312. The average Bonchev–Trinajstić information content (AvgIpc) is 2.24. The van der Waals surface area contributed by atoms with Gasteiger partial charge in [0, 0.05) is 4.48 Å². The second kappa shape index (κ2) is 7.46. The summed E-state index contributed by atoms with van der Waals surface area (Å²) in [5.41, 5.74) is 1.47. The number of rotatable bonds is 4. The standard InChI is InChI=1S/C12H17BrO2/c1-5-7-10(12(14)15-4)9(3)11(13)8-6-2/h5,7-8H,6H2,1-4H3/b7-5-,10-9+,11-8-. The summed E-state index contributed by atoms with van der Waals surface area (Å²) >= 11 is 3.43. The van der Waals surface area contributed by atoms with Crippen LogP contribution in [0.1, 0.15) is 27.2 Å². The minimum atomic E-state index is -0.313. The molecule has 15 heavy (non-hydrogen) atoms. The monoisotopic (exact) mass is 272 g/mol. The van der Waals surface area contributed by atoms with Crippen LogP contribution in [-0.2, 0) is 9.53 Å². The number of halogens is 1. The van der Waals surface area contributed by atoms with Crippen LogP contribution >= 0.6 is 15.9 Å². The Balaban J connectivity index is 5.26. The molecular formula is C12H17BrO2. The normalized spacial score (nSPS) is 14.1. The van der Waals surface area contributed by atoms with Gasteiger partial charge in [0.25, 0.3) is 0 Å². The highest BCUT2D eigenvalue weighted by Crippen LogP contribution is 2.22. The molecule has 84 valence electrons. The molecule has 0 bridgehead atoms. The van der Waals surface area contributed by atoms with Crippen molar-refractivity contribution in [3.05, 3.63) is 33.9 Å². The largest absolute Gasteiger partial charge is 0.465 e. The van der Waals surface area contributed by atoms with E-state index >= 15 is 0 Å². The molecule has 0 aromatic heterocycles. The molecule has 0 atom stereocenters. The first kappa shape index (κ1) is 14.2. The Hall–Kier alpha value is -0.830. The van der Waals surface area contributed by atoms with Gasteiger partial charge in [0.05, 0.1) is 12.7 Å². The Morgan fingerprint density at radius 2 is 2.07 bits per heavy atom. The number of hydrogen-bond donors (Lipinski definition) is 0. The summed E-state index contributed by atoms with van der Waals surface area (Å²) < 4.78 is 5.65. The van der Waals surface area contributed by atoms with Gasteiger partial charge in [-0.3, -0.25) is 0 Å². The molecule has 0 saturated heterocycles. The van der Waals surface area contributed by atoms with Crippen molar-refractivity contribution in [2.45, 2.75) is 27.2 Å². The highest BCUT2D eigenvalue weighted by atomic mass is 79.9. The van der Waals surface area contributed by atoms with E-state index in [9.17, 15) is 4.79 Å². The van der Waals surface area contributed by atoms with E-state index in [1.807, 2.05) is 32.9 Å². The maximum absolute atomic E-state index is 11.5. The number of esters is 1. The number of allylic oxidation sites excluding steroid dienone is 4. The van der Waals surface area contributed by atoms with E-state index in [-0.39, 0.29) is 5.97 Å². The van der Waals surface area contributed by atoms with Crippen LogP contribution in [0.5, 0.6) is 0 Å². The minimum Gasteiger partial charge on any atom is -0.465 e. The Morgan fingerprint density at radius 1 is 1.47 bits per heavy atom. The van der Waals surface area contributed by atoms with Gasteiger partial charge in [-0.25, -0.2) is 4.79 Å². The first-order valence-corrected chi connectivity index (χ1v) is 5.65. The Kier molecular flexibility index (Phi) is 7.05. The van der Waals surface area contributed by atoms with E-state index in [1.54, 1.807) is 6.08 Å². The molecule has 0 saturated carbocycles. The van der Waals surface area contributed by atoms with Crippen LogP contribution in [0.2, 0.25) is 0 Å². The first-order valence-electron chi connectivity index (χ1n) is 4.86. The zero-order valence-electron chi connectivity index (χ0n) is 9.63. The SMILES string of the molecule is C\C=C/C(C(=O)OC)=C(C)\C(Br)=C\CC. The first-order chi connectivity index (χ1) is 7.08. The molecule has 0 rings (SSSR count). The van der Waals surface area contributed by atoms with Crippen LogP contribution in [0.3, 0.4) is 0 Å². The molecule has 0 aromatic carbocycles. The predicted octanol–water partition coefficient (Wildman–Crippen LogP) is 3.74.